The van der Waals surface area contributed by atoms with Gasteiger partial charge < -0.3 is 47.4 Å². The second-order valence-corrected chi connectivity index (χ2v) is 24.9. The average molecular weight is 1290 g/mol. The van der Waals surface area contributed by atoms with Crippen molar-refractivity contribution in [1.82, 2.24) is 9.97 Å². The summed E-state index contributed by atoms with van der Waals surface area (Å²) in [5.41, 5.74) is 7.36. The Labute approximate surface area is 559 Å². The molecule has 2 fully saturated rings. The first-order chi connectivity index (χ1) is 46.3. The zero-order valence-corrected chi connectivity index (χ0v) is 55.5. The van der Waals surface area contributed by atoms with E-state index in [1.807, 2.05) is 97.1 Å². The maximum atomic E-state index is 13.4. The maximum Gasteiger partial charge on any atom is 0.333 e. The smallest absolute Gasteiger partial charge is 0.333 e. The van der Waals surface area contributed by atoms with Gasteiger partial charge in [-0.05, 0) is 243 Å². The molecule has 7 aromatic rings. The van der Waals surface area contributed by atoms with Gasteiger partial charge in [0, 0.05) is 28.9 Å². The largest absolute Gasteiger partial charge is 0.494 e. The van der Waals surface area contributed by atoms with Gasteiger partial charge in [-0.25, -0.2) is 19.6 Å². The van der Waals surface area contributed by atoms with Gasteiger partial charge in [-0.1, -0.05) is 62.5 Å². The summed E-state index contributed by atoms with van der Waals surface area (Å²) in [7, 11) is 0. The van der Waals surface area contributed by atoms with Crippen molar-refractivity contribution >= 4 is 34.9 Å². The molecule has 1 heterocycles. The Bertz CT molecular complexity index is 3630. The highest BCUT2D eigenvalue weighted by Gasteiger charge is 2.30. The Morgan fingerprint density at radius 2 is 0.789 bits per heavy atom. The molecule has 0 aliphatic heterocycles. The number of unbranched alkanes of at least 4 members (excludes halogenated alkanes) is 6. The van der Waals surface area contributed by atoms with Gasteiger partial charge in [0.2, 0.25) is 0 Å². The van der Waals surface area contributed by atoms with Crippen molar-refractivity contribution in [2.45, 2.75) is 130 Å². The standard InChI is InChI=1S/C79H92N2O14/c1-6-42-86-47-48-89-69-21-15-18-61(49-69)62-32-41-72-73(52-62)81-75(64-20-17-23-71(51-64)93-54-58-26-30-60(31-27-58)79(85)95-68-39-35-66(36-40-68)88-44-12-8-10-14-46-91-77(83)56(4)5)74(80-72)63-19-16-22-70(50-63)92-53-57-24-28-59(29-25-57)78(84)94-67-37-33-65(34-38-67)87-43-11-7-9-13-45-90-76(82)55(2)3/h15-23,32-41,49-52,57-60H,2,4,6-14,24-31,42-48,53-54H2,1,3,5H3. The molecular formula is C79H92N2O14. The zero-order chi connectivity index (χ0) is 66.6. The number of nitrogens with zero attached hydrogens (tertiary/aromatic N) is 2. The molecular weight excluding hydrogens is 1200 g/mol. The number of rotatable bonds is 37. The van der Waals surface area contributed by atoms with Gasteiger partial charge in [-0.2, -0.15) is 0 Å². The molecule has 2 aliphatic rings. The monoisotopic (exact) mass is 1290 g/mol. The molecule has 0 bridgehead atoms. The summed E-state index contributed by atoms with van der Waals surface area (Å²) < 4.78 is 58.6. The van der Waals surface area contributed by atoms with Crippen LogP contribution in [0.25, 0.3) is 44.7 Å². The maximum absolute atomic E-state index is 13.4. The van der Waals surface area contributed by atoms with E-state index in [0.717, 1.165) is 141 Å². The van der Waals surface area contributed by atoms with Crippen LogP contribution in [0.1, 0.15) is 130 Å². The first-order valence-electron chi connectivity index (χ1n) is 34.0. The van der Waals surface area contributed by atoms with Crippen molar-refractivity contribution in [3.8, 4) is 73.9 Å². The Hall–Kier alpha value is -9.02. The fourth-order valence-electron chi connectivity index (χ4n) is 11.6. The van der Waals surface area contributed by atoms with Crippen LogP contribution >= 0.6 is 0 Å². The van der Waals surface area contributed by atoms with E-state index in [4.69, 9.17) is 57.3 Å². The van der Waals surface area contributed by atoms with Gasteiger partial charge in [0.15, 0.2) is 0 Å². The minimum atomic E-state index is -0.350. The molecule has 0 unspecified atom stereocenters. The van der Waals surface area contributed by atoms with E-state index in [-0.39, 0.29) is 47.5 Å². The Kier molecular flexibility index (Phi) is 27.5. The number of hydrogen-bond acceptors (Lipinski definition) is 16. The highest BCUT2D eigenvalue weighted by molar-refractivity contribution is 5.90. The summed E-state index contributed by atoms with van der Waals surface area (Å²) in [6, 6.07) is 44.7. The first kappa shape index (κ1) is 70.3. The van der Waals surface area contributed by atoms with E-state index in [9.17, 15) is 19.2 Å². The van der Waals surface area contributed by atoms with Gasteiger partial charge in [-0.3, -0.25) is 9.59 Å². The highest BCUT2D eigenvalue weighted by atomic mass is 16.6. The topological polar surface area (TPSA) is 186 Å². The Morgan fingerprint density at radius 3 is 1.25 bits per heavy atom. The first-order valence-corrected chi connectivity index (χ1v) is 34.0. The van der Waals surface area contributed by atoms with Crippen LogP contribution in [0.5, 0.6) is 40.2 Å². The summed E-state index contributed by atoms with van der Waals surface area (Å²) >= 11 is 0. The van der Waals surface area contributed by atoms with Crippen LogP contribution in [-0.2, 0) is 33.4 Å². The third kappa shape index (κ3) is 22.6. The van der Waals surface area contributed by atoms with Gasteiger partial charge in [-0.15, -0.1) is 0 Å². The van der Waals surface area contributed by atoms with E-state index in [1.165, 1.54) is 0 Å². The molecule has 0 atom stereocenters. The minimum Gasteiger partial charge on any atom is -0.494 e. The molecule has 502 valence electrons. The molecule has 0 N–H and O–H groups in total. The molecule has 6 aromatic carbocycles. The molecule has 0 spiro atoms. The van der Waals surface area contributed by atoms with Crippen LogP contribution in [-0.4, -0.2) is 93.3 Å². The Balaban J connectivity index is 0.780. The molecule has 0 saturated heterocycles. The lowest BCUT2D eigenvalue weighted by Gasteiger charge is -2.27. The summed E-state index contributed by atoms with van der Waals surface area (Å²) in [6.45, 7) is 17.2. The summed E-state index contributed by atoms with van der Waals surface area (Å²) in [6.07, 6.45) is 14.3. The molecule has 9 rings (SSSR count). The van der Waals surface area contributed by atoms with E-state index >= 15 is 0 Å². The van der Waals surface area contributed by atoms with E-state index < -0.39 is 0 Å². The average Bonchev–Trinajstić information content (AvgIpc) is 0.778. The van der Waals surface area contributed by atoms with E-state index in [2.05, 4.69) is 38.3 Å². The SMILES string of the molecule is C=C(C)C(=O)OCCCCCCOc1ccc(OC(=O)C2CCC(COc3cccc(-c4nc5ccc(-c6cccc(OCCOCCC)c6)cc5nc4-c4cccc(OCC5CCC(C(=O)Oc6ccc(OCCCCCCOC(=O)C(=C)C)cc6)CC5)c4)c3)CC2)cc1. The van der Waals surface area contributed by atoms with Gasteiger partial charge in [0.25, 0.3) is 0 Å². The fourth-order valence-corrected chi connectivity index (χ4v) is 11.6. The second-order valence-electron chi connectivity index (χ2n) is 24.9. The van der Waals surface area contributed by atoms with Crippen LogP contribution in [0.15, 0.2) is 164 Å². The van der Waals surface area contributed by atoms with Crippen LogP contribution < -0.4 is 33.2 Å². The third-order valence-corrected chi connectivity index (χ3v) is 17.1. The second kappa shape index (κ2) is 37.2. The number of aromatic nitrogens is 2. The van der Waals surface area contributed by atoms with E-state index in [1.54, 1.807) is 38.1 Å². The molecule has 1 aromatic heterocycles. The molecule has 95 heavy (non-hydrogen) atoms. The number of carbonyl (C=O) groups excluding carboxylic acids is 4. The van der Waals surface area contributed by atoms with Crippen molar-refractivity contribution in [1.29, 1.82) is 0 Å². The molecule has 2 aliphatic carbocycles. The zero-order valence-electron chi connectivity index (χ0n) is 55.5. The predicted octanol–water partition coefficient (Wildman–Crippen LogP) is 17.1. The number of esters is 4. The number of fused-ring (bicyclic) bond motifs is 1. The lowest BCUT2D eigenvalue weighted by Crippen LogP contribution is -2.27. The minimum absolute atomic E-state index is 0.190. The Morgan fingerprint density at radius 1 is 0.389 bits per heavy atom. The number of carbonyl (C=O) groups is 4. The van der Waals surface area contributed by atoms with Crippen LogP contribution in [0, 0.1) is 23.7 Å². The summed E-state index contributed by atoms with van der Waals surface area (Å²) in [4.78, 5) is 60.5. The van der Waals surface area contributed by atoms with Crippen molar-refractivity contribution in [3.63, 3.8) is 0 Å². The van der Waals surface area contributed by atoms with Crippen molar-refractivity contribution in [2.75, 3.05) is 59.5 Å². The quantitative estimate of drug-likeness (QED) is 0.0155. The van der Waals surface area contributed by atoms with Crippen LogP contribution in [0.3, 0.4) is 0 Å². The number of ether oxygens (including phenoxy) is 10. The van der Waals surface area contributed by atoms with Crippen molar-refractivity contribution in [3.05, 3.63) is 164 Å². The third-order valence-electron chi connectivity index (χ3n) is 17.1. The van der Waals surface area contributed by atoms with Crippen LogP contribution in [0.2, 0.25) is 0 Å². The van der Waals surface area contributed by atoms with Crippen molar-refractivity contribution < 1.29 is 66.5 Å². The van der Waals surface area contributed by atoms with Gasteiger partial charge in [0.05, 0.1) is 80.5 Å². The molecule has 16 nitrogen and oxygen atoms in total. The predicted molar refractivity (Wildman–Crippen MR) is 368 cm³/mol. The fraction of sp³-hybridized carbons (Fsp3) is 0.418. The number of benzene rings is 6. The van der Waals surface area contributed by atoms with Gasteiger partial charge in [0.1, 0.15) is 46.9 Å². The normalized spacial score (nSPS) is 16.0. The lowest BCUT2D eigenvalue weighted by atomic mass is 9.82. The summed E-state index contributed by atoms with van der Waals surface area (Å²) in [5, 5.41) is 0. The van der Waals surface area contributed by atoms with Crippen LogP contribution in [0.4, 0.5) is 0 Å². The molecule has 2 saturated carbocycles. The lowest BCUT2D eigenvalue weighted by molar-refractivity contribution is -0.141. The highest BCUT2D eigenvalue weighted by Crippen LogP contribution is 2.38. The number of hydrogen-bond donors (Lipinski definition) is 0. The van der Waals surface area contributed by atoms with Gasteiger partial charge >= 0.3 is 23.9 Å². The molecule has 0 radical (unpaired) electrons. The molecule has 0 amide bonds. The summed E-state index contributed by atoms with van der Waals surface area (Å²) in [5.74, 6) is 3.64. The van der Waals surface area contributed by atoms with E-state index in [0.29, 0.717) is 124 Å². The van der Waals surface area contributed by atoms with Crippen molar-refractivity contribution in [2.24, 2.45) is 23.7 Å². The molecule has 16 heteroatoms.